The van der Waals surface area contributed by atoms with Crippen molar-refractivity contribution in [3.8, 4) is 11.1 Å². The standard InChI is InChI=1S/C14H19N5S/c1-19-8-2-3-11(9-19)17-14-12(13(15)18-20-14)10-4-6-16-7-5-10/h4-7,11,17H,2-3,8-9H2,1H3,(H2,15,18). The topological polar surface area (TPSA) is 67.1 Å². The van der Waals surface area contributed by atoms with E-state index < -0.39 is 0 Å². The summed E-state index contributed by atoms with van der Waals surface area (Å²) in [6.07, 6.45) is 5.99. The molecule has 1 fully saturated rings. The van der Waals surface area contributed by atoms with Gasteiger partial charge in [-0.05, 0) is 55.7 Å². The molecule has 20 heavy (non-hydrogen) atoms. The highest BCUT2D eigenvalue weighted by molar-refractivity contribution is 7.11. The molecule has 3 N–H and O–H groups in total. The lowest BCUT2D eigenvalue weighted by Gasteiger charge is -2.30. The first kappa shape index (κ1) is 13.3. The highest BCUT2D eigenvalue weighted by atomic mass is 32.1. The zero-order chi connectivity index (χ0) is 13.9. The Morgan fingerprint density at radius 3 is 2.95 bits per heavy atom. The van der Waals surface area contributed by atoms with E-state index in [4.69, 9.17) is 5.73 Å². The Balaban J connectivity index is 1.84. The summed E-state index contributed by atoms with van der Waals surface area (Å²) in [6, 6.07) is 4.41. The summed E-state index contributed by atoms with van der Waals surface area (Å²) in [5, 5.41) is 4.68. The van der Waals surface area contributed by atoms with Crippen LogP contribution >= 0.6 is 11.5 Å². The molecule has 0 amide bonds. The minimum absolute atomic E-state index is 0.467. The smallest absolute Gasteiger partial charge is 0.147 e. The second-order valence-electron chi connectivity index (χ2n) is 5.25. The molecule has 0 saturated carbocycles. The number of nitrogen functional groups attached to an aromatic ring is 1. The van der Waals surface area contributed by atoms with E-state index in [1.165, 1.54) is 30.9 Å². The maximum Gasteiger partial charge on any atom is 0.147 e. The number of aromatic nitrogens is 2. The molecule has 6 heteroatoms. The summed E-state index contributed by atoms with van der Waals surface area (Å²) in [6.45, 7) is 2.24. The van der Waals surface area contributed by atoms with E-state index >= 15 is 0 Å². The molecule has 0 aromatic carbocycles. The highest BCUT2D eigenvalue weighted by Crippen LogP contribution is 2.37. The van der Waals surface area contributed by atoms with Crippen LogP contribution in [0.5, 0.6) is 0 Å². The maximum atomic E-state index is 6.03. The number of hydrogen-bond donors (Lipinski definition) is 2. The number of anilines is 2. The molecular formula is C14H19N5S. The maximum absolute atomic E-state index is 6.03. The molecule has 5 nitrogen and oxygen atoms in total. The summed E-state index contributed by atoms with van der Waals surface area (Å²) in [7, 11) is 2.17. The lowest BCUT2D eigenvalue weighted by molar-refractivity contribution is 0.261. The minimum atomic E-state index is 0.467. The van der Waals surface area contributed by atoms with Crippen LogP contribution in [0.15, 0.2) is 24.5 Å². The van der Waals surface area contributed by atoms with E-state index in [1.54, 1.807) is 12.4 Å². The largest absolute Gasteiger partial charge is 0.382 e. The number of rotatable bonds is 3. The van der Waals surface area contributed by atoms with Crippen molar-refractivity contribution >= 4 is 22.4 Å². The average molecular weight is 289 g/mol. The lowest BCUT2D eigenvalue weighted by atomic mass is 10.1. The monoisotopic (exact) mass is 289 g/mol. The van der Waals surface area contributed by atoms with Gasteiger partial charge < -0.3 is 16.0 Å². The molecular weight excluding hydrogens is 270 g/mol. The second-order valence-corrected chi connectivity index (χ2v) is 6.03. The van der Waals surface area contributed by atoms with Gasteiger partial charge in [0.25, 0.3) is 0 Å². The van der Waals surface area contributed by atoms with Gasteiger partial charge >= 0.3 is 0 Å². The quantitative estimate of drug-likeness (QED) is 0.907. The van der Waals surface area contributed by atoms with Crippen LogP contribution in [0.1, 0.15) is 12.8 Å². The molecule has 2 aromatic heterocycles. The van der Waals surface area contributed by atoms with Gasteiger partial charge in [0.05, 0.1) is 5.56 Å². The van der Waals surface area contributed by atoms with E-state index in [-0.39, 0.29) is 0 Å². The van der Waals surface area contributed by atoms with Gasteiger partial charge in [-0.15, -0.1) is 0 Å². The van der Waals surface area contributed by atoms with Crippen molar-refractivity contribution in [1.29, 1.82) is 0 Å². The summed E-state index contributed by atoms with van der Waals surface area (Å²) in [5.41, 5.74) is 8.11. The Bertz CT molecular complexity index is 568. The Kier molecular flexibility index (Phi) is 3.84. The van der Waals surface area contributed by atoms with Crippen molar-refractivity contribution in [3.05, 3.63) is 24.5 Å². The van der Waals surface area contributed by atoms with Gasteiger partial charge in [0.2, 0.25) is 0 Å². The van der Waals surface area contributed by atoms with E-state index in [2.05, 4.69) is 26.6 Å². The Morgan fingerprint density at radius 1 is 1.40 bits per heavy atom. The highest BCUT2D eigenvalue weighted by Gasteiger charge is 2.20. The molecule has 0 spiro atoms. The summed E-state index contributed by atoms with van der Waals surface area (Å²) in [4.78, 5) is 6.41. The van der Waals surface area contributed by atoms with Gasteiger partial charge in [-0.3, -0.25) is 4.98 Å². The first-order valence-corrected chi connectivity index (χ1v) is 7.62. The van der Waals surface area contributed by atoms with Gasteiger partial charge in [0, 0.05) is 25.0 Å². The summed E-state index contributed by atoms with van der Waals surface area (Å²) >= 11 is 1.44. The predicted molar refractivity (Wildman–Crippen MR) is 83.9 cm³/mol. The Labute approximate surface area is 123 Å². The Morgan fingerprint density at radius 2 is 2.20 bits per heavy atom. The lowest BCUT2D eigenvalue weighted by Crippen LogP contribution is -2.39. The number of nitrogens with one attached hydrogen (secondary N) is 1. The number of piperidine rings is 1. The van der Waals surface area contributed by atoms with E-state index in [9.17, 15) is 0 Å². The van der Waals surface area contributed by atoms with E-state index in [0.717, 1.165) is 22.7 Å². The average Bonchev–Trinajstić information content (AvgIpc) is 2.81. The minimum Gasteiger partial charge on any atom is -0.382 e. The third kappa shape index (κ3) is 2.76. The van der Waals surface area contributed by atoms with Crippen LogP contribution in [-0.4, -0.2) is 40.4 Å². The molecule has 106 valence electrons. The van der Waals surface area contributed by atoms with Gasteiger partial charge in [-0.2, -0.15) is 4.37 Å². The van der Waals surface area contributed by atoms with Gasteiger partial charge in [-0.1, -0.05) is 0 Å². The molecule has 1 aliphatic rings. The molecule has 1 aliphatic heterocycles. The van der Waals surface area contributed by atoms with Gasteiger partial charge in [0.1, 0.15) is 10.8 Å². The van der Waals surface area contributed by atoms with Crippen molar-refractivity contribution in [2.24, 2.45) is 0 Å². The molecule has 3 rings (SSSR count). The number of hydrogen-bond acceptors (Lipinski definition) is 6. The predicted octanol–water partition coefficient (Wildman–Crippen LogP) is 2.29. The fourth-order valence-corrected chi connectivity index (χ4v) is 3.48. The third-order valence-electron chi connectivity index (χ3n) is 3.65. The number of nitrogens with two attached hydrogens (primary N) is 1. The van der Waals surface area contributed by atoms with Crippen LogP contribution in [0.2, 0.25) is 0 Å². The van der Waals surface area contributed by atoms with Crippen LogP contribution in [0.25, 0.3) is 11.1 Å². The molecule has 1 saturated heterocycles. The SMILES string of the molecule is CN1CCCC(Nc2snc(N)c2-c2ccncc2)C1. The molecule has 0 bridgehead atoms. The first-order valence-electron chi connectivity index (χ1n) is 6.84. The number of pyridine rings is 1. The fourth-order valence-electron chi connectivity index (χ4n) is 2.67. The van der Waals surface area contributed by atoms with Crippen LogP contribution in [0.4, 0.5) is 10.8 Å². The van der Waals surface area contributed by atoms with Crippen LogP contribution in [0.3, 0.4) is 0 Å². The number of likely N-dealkylation sites (N-methyl/N-ethyl adjacent to an activating group) is 1. The Hall–Kier alpha value is -1.66. The molecule has 0 radical (unpaired) electrons. The summed E-state index contributed by atoms with van der Waals surface area (Å²) < 4.78 is 4.30. The van der Waals surface area contributed by atoms with Gasteiger partial charge in [0.15, 0.2) is 0 Å². The van der Waals surface area contributed by atoms with Crippen molar-refractivity contribution in [2.75, 3.05) is 31.2 Å². The number of nitrogens with zero attached hydrogens (tertiary/aromatic N) is 3. The molecule has 3 heterocycles. The second kappa shape index (κ2) is 5.76. The first-order chi connectivity index (χ1) is 9.74. The fraction of sp³-hybridized carbons (Fsp3) is 0.429. The van der Waals surface area contributed by atoms with E-state index in [0.29, 0.717) is 11.9 Å². The molecule has 1 unspecified atom stereocenters. The normalized spacial score (nSPS) is 19.9. The zero-order valence-corrected chi connectivity index (χ0v) is 12.4. The van der Waals surface area contributed by atoms with Crippen molar-refractivity contribution in [2.45, 2.75) is 18.9 Å². The number of likely N-dealkylation sites (tertiary alicyclic amines) is 1. The molecule has 0 aliphatic carbocycles. The molecule has 1 atom stereocenters. The van der Waals surface area contributed by atoms with Crippen LogP contribution in [-0.2, 0) is 0 Å². The zero-order valence-electron chi connectivity index (χ0n) is 11.5. The van der Waals surface area contributed by atoms with Crippen LogP contribution < -0.4 is 11.1 Å². The third-order valence-corrected chi connectivity index (χ3v) is 4.44. The van der Waals surface area contributed by atoms with Crippen molar-refractivity contribution in [1.82, 2.24) is 14.3 Å². The van der Waals surface area contributed by atoms with Crippen molar-refractivity contribution < 1.29 is 0 Å². The van der Waals surface area contributed by atoms with Crippen molar-refractivity contribution in [3.63, 3.8) is 0 Å². The summed E-state index contributed by atoms with van der Waals surface area (Å²) in [5.74, 6) is 0.591. The van der Waals surface area contributed by atoms with Gasteiger partial charge in [-0.25, -0.2) is 0 Å². The van der Waals surface area contributed by atoms with E-state index in [1.807, 2.05) is 12.1 Å². The van der Waals surface area contributed by atoms with Crippen LogP contribution in [0, 0.1) is 0 Å². The molecule has 2 aromatic rings.